The monoisotopic (exact) mass is 328 g/mol. The van der Waals surface area contributed by atoms with Gasteiger partial charge in [0.05, 0.1) is 5.69 Å². The molecule has 1 N–H and O–H groups in total. The third-order valence-electron chi connectivity index (χ3n) is 3.02. The molecule has 1 aromatic rings. The van der Waals surface area contributed by atoms with Crippen LogP contribution in [0, 0.1) is 11.7 Å². The van der Waals surface area contributed by atoms with Gasteiger partial charge in [0.2, 0.25) is 11.8 Å². The minimum absolute atomic E-state index is 0.0437. The highest BCUT2D eigenvalue weighted by molar-refractivity contribution is 9.10. The lowest BCUT2D eigenvalue weighted by Crippen LogP contribution is -2.60. The first kappa shape index (κ1) is 14.0. The second kappa shape index (κ2) is 5.28. The van der Waals surface area contributed by atoms with Crippen molar-refractivity contribution in [3.05, 3.63) is 28.5 Å². The number of nitrogens with one attached hydrogen (secondary N) is 1. The standard InChI is InChI=1S/C13H14BrFN2O2/c1-7(2)12-13(19)17(6-11(18)16-12)10-4-3-8(14)5-9(10)15/h3-5,7,12H,6H2,1-2H3,(H,16,18). The molecule has 1 aliphatic heterocycles. The Labute approximate surface area is 119 Å². The van der Waals surface area contributed by atoms with Crippen molar-refractivity contribution in [1.29, 1.82) is 0 Å². The quantitative estimate of drug-likeness (QED) is 0.903. The Bertz CT molecular complexity index is 533. The van der Waals surface area contributed by atoms with Crippen molar-refractivity contribution in [1.82, 2.24) is 5.32 Å². The first-order valence-corrected chi connectivity index (χ1v) is 6.75. The van der Waals surface area contributed by atoms with E-state index in [1.807, 2.05) is 13.8 Å². The number of carbonyl (C=O) groups is 2. The minimum Gasteiger partial charge on any atom is -0.342 e. The summed E-state index contributed by atoms with van der Waals surface area (Å²) < 4.78 is 14.5. The van der Waals surface area contributed by atoms with E-state index in [1.54, 1.807) is 6.07 Å². The molecule has 0 spiro atoms. The lowest BCUT2D eigenvalue weighted by Gasteiger charge is -2.34. The molecule has 102 valence electrons. The molecule has 1 aromatic carbocycles. The van der Waals surface area contributed by atoms with Crippen molar-refractivity contribution in [3.63, 3.8) is 0 Å². The van der Waals surface area contributed by atoms with Gasteiger partial charge in [-0.2, -0.15) is 0 Å². The van der Waals surface area contributed by atoms with Crippen molar-refractivity contribution in [3.8, 4) is 0 Å². The smallest absolute Gasteiger partial charge is 0.250 e. The number of hydrogen-bond acceptors (Lipinski definition) is 2. The predicted octanol–water partition coefficient (Wildman–Crippen LogP) is 2.08. The van der Waals surface area contributed by atoms with Gasteiger partial charge in [-0.15, -0.1) is 0 Å². The molecule has 1 fully saturated rings. The molecule has 0 aromatic heterocycles. The molecule has 1 aliphatic rings. The van der Waals surface area contributed by atoms with Gasteiger partial charge in [-0.25, -0.2) is 4.39 Å². The van der Waals surface area contributed by atoms with Gasteiger partial charge in [0.25, 0.3) is 0 Å². The summed E-state index contributed by atoms with van der Waals surface area (Å²) in [7, 11) is 0. The number of amides is 2. The molecular weight excluding hydrogens is 315 g/mol. The highest BCUT2D eigenvalue weighted by atomic mass is 79.9. The van der Waals surface area contributed by atoms with E-state index in [-0.39, 0.29) is 30.0 Å². The molecule has 6 heteroatoms. The summed E-state index contributed by atoms with van der Waals surface area (Å²) in [6.45, 7) is 3.52. The van der Waals surface area contributed by atoms with E-state index in [0.29, 0.717) is 4.47 Å². The molecule has 1 heterocycles. The van der Waals surface area contributed by atoms with Crippen molar-refractivity contribution in [2.45, 2.75) is 19.9 Å². The number of carbonyl (C=O) groups excluding carboxylic acids is 2. The Morgan fingerprint density at radius 2 is 2.11 bits per heavy atom. The van der Waals surface area contributed by atoms with Crippen molar-refractivity contribution in [2.24, 2.45) is 5.92 Å². The lowest BCUT2D eigenvalue weighted by atomic mass is 10.0. The van der Waals surface area contributed by atoms with Gasteiger partial charge in [-0.3, -0.25) is 14.5 Å². The van der Waals surface area contributed by atoms with Gasteiger partial charge in [0.15, 0.2) is 0 Å². The van der Waals surface area contributed by atoms with Crippen molar-refractivity contribution in [2.75, 3.05) is 11.4 Å². The van der Waals surface area contributed by atoms with Gasteiger partial charge in [-0.05, 0) is 24.1 Å². The van der Waals surface area contributed by atoms with Crippen LogP contribution in [0.5, 0.6) is 0 Å². The molecular formula is C13H14BrFN2O2. The fourth-order valence-corrected chi connectivity index (χ4v) is 2.36. The molecule has 2 amide bonds. The zero-order valence-corrected chi connectivity index (χ0v) is 12.2. The number of nitrogens with zero attached hydrogens (tertiary/aromatic N) is 1. The molecule has 19 heavy (non-hydrogen) atoms. The summed E-state index contributed by atoms with van der Waals surface area (Å²) in [4.78, 5) is 25.1. The van der Waals surface area contributed by atoms with Crippen LogP contribution in [0.3, 0.4) is 0 Å². The van der Waals surface area contributed by atoms with Crippen LogP contribution in [0.15, 0.2) is 22.7 Å². The van der Waals surface area contributed by atoms with Gasteiger partial charge >= 0.3 is 0 Å². The normalized spacial score (nSPS) is 19.8. The van der Waals surface area contributed by atoms with E-state index in [1.165, 1.54) is 17.0 Å². The summed E-state index contributed by atoms with van der Waals surface area (Å²) in [5.74, 6) is -1.13. The zero-order chi connectivity index (χ0) is 14.2. The van der Waals surface area contributed by atoms with E-state index in [4.69, 9.17) is 0 Å². The van der Waals surface area contributed by atoms with Crippen LogP contribution in [0.25, 0.3) is 0 Å². The molecule has 1 atom stereocenters. The Morgan fingerprint density at radius 1 is 1.42 bits per heavy atom. The van der Waals surface area contributed by atoms with E-state index in [0.717, 1.165) is 0 Å². The fourth-order valence-electron chi connectivity index (χ4n) is 2.03. The molecule has 1 unspecified atom stereocenters. The van der Waals surface area contributed by atoms with Crippen LogP contribution in [-0.4, -0.2) is 24.4 Å². The third kappa shape index (κ3) is 2.78. The molecule has 4 nitrogen and oxygen atoms in total. The van der Waals surface area contributed by atoms with E-state index in [9.17, 15) is 14.0 Å². The number of hydrogen-bond donors (Lipinski definition) is 1. The number of rotatable bonds is 2. The summed E-state index contributed by atoms with van der Waals surface area (Å²) in [5.41, 5.74) is 0.133. The second-order valence-corrected chi connectivity index (χ2v) is 5.72. The van der Waals surface area contributed by atoms with Gasteiger partial charge in [-0.1, -0.05) is 29.8 Å². The number of halogens is 2. The van der Waals surface area contributed by atoms with Gasteiger partial charge in [0.1, 0.15) is 18.4 Å². The Morgan fingerprint density at radius 3 is 2.68 bits per heavy atom. The van der Waals surface area contributed by atoms with E-state index < -0.39 is 11.9 Å². The summed E-state index contributed by atoms with van der Waals surface area (Å²) in [6.07, 6.45) is 0. The second-order valence-electron chi connectivity index (χ2n) is 4.81. The molecule has 0 bridgehead atoms. The Balaban J connectivity index is 2.37. The number of piperazine rings is 1. The van der Waals surface area contributed by atoms with Crippen LogP contribution < -0.4 is 10.2 Å². The van der Waals surface area contributed by atoms with Crippen LogP contribution in [0.2, 0.25) is 0 Å². The minimum atomic E-state index is -0.607. The average molecular weight is 329 g/mol. The topological polar surface area (TPSA) is 49.4 Å². The van der Waals surface area contributed by atoms with Crippen LogP contribution in [0.1, 0.15) is 13.8 Å². The van der Waals surface area contributed by atoms with Gasteiger partial charge in [0, 0.05) is 4.47 Å². The maximum absolute atomic E-state index is 13.9. The maximum atomic E-state index is 13.9. The van der Waals surface area contributed by atoms with Crippen molar-refractivity contribution >= 4 is 33.4 Å². The maximum Gasteiger partial charge on any atom is 0.250 e. The van der Waals surface area contributed by atoms with Crippen LogP contribution in [0.4, 0.5) is 10.1 Å². The summed E-state index contributed by atoms with van der Waals surface area (Å²) >= 11 is 3.16. The van der Waals surface area contributed by atoms with Crippen molar-refractivity contribution < 1.29 is 14.0 Å². The SMILES string of the molecule is CC(C)C1NC(=O)CN(c2ccc(Br)cc2F)C1=O. The fraction of sp³-hybridized carbons (Fsp3) is 0.385. The molecule has 2 rings (SSSR count). The Hall–Kier alpha value is -1.43. The highest BCUT2D eigenvalue weighted by Gasteiger charge is 2.36. The zero-order valence-electron chi connectivity index (χ0n) is 10.6. The molecule has 0 radical (unpaired) electrons. The summed E-state index contributed by atoms with van der Waals surface area (Å²) in [5, 5.41) is 2.63. The first-order valence-electron chi connectivity index (χ1n) is 5.96. The number of anilines is 1. The third-order valence-corrected chi connectivity index (χ3v) is 3.51. The van der Waals surface area contributed by atoms with E-state index >= 15 is 0 Å². The molecule has 0 saturated carbocycles. The Kier molecular flexibility index (Phi) is 3.89. The predicted molar refractivity (Wildman–Crippen MR) is 73.2 cm³/mol. The molecule has 0 aliphatic carbocycles. The lowest BCUT2D eigenvalue weighted by molar-refractivity contribution is -0.132. The highest BCUT2D eigenvalue weighted by Crippen LogP contribution is 2.25. The van der Waals surface area contributed by atoms with Crippen LogP contribution >= 0.6 is 15.9 Å². The summed E-state index contributed by atoms with van der Waals surface area (Å²) in [6, 6.07) is 3.80. The molecule has 1 saturated heterocycles. The number of benzene rings is 1. The van der Waals surface area contributed by atoms with E-state index in [2.05, 4.69) is 21.2 Å². The average Bonchev–Trinajstić information content (AvgIpc) is 2.32. The first-order chi connectivity index (χ1) is 8.90. The largest absolute Gasteiger partial charge is 0.342 e. The van der Waals surface area contributed by atoms with Gasteiger partial charge < -0.3 is 5.32 Å². The van der Waals surface area contributed by atoms with Crippen LogP contribution in [-0.2, 0) is 9.59 Å².